The Morgan fingerprint density at radius 3 is 2.67 bits per heavy atom. The fraction of sp³-hybridized carbons (Fsp3) is 0.222. The maximum atomic E-state index is 11.6. The molecule has 2 aromatic carbocycles. The SMILES string of the molecule is CS(=O)([O-])=[NH+]c1ccccc1C1CCc2c1[n-]c1ccccc21.[Pd+2]. The Kier molecular flexibility index (Phi) is 4.67. The predicted octanol–water partition coefficient (Wildman–Crippen LogP) is 1.81. The molecular formula is C18H17N2O2PdS+. The van der Waals surface area contributed by atoms with Crippen LogP contribution in [0.5, 0.6) is 0 Å². The Morgan fingerprint density at radius 1 is 1.17 bits per heavy atom. The summed E-state index contributed by atoms with van der Waals surface area (Å²) < 4.78 is 25.9. The molecular weight excluding hydrogens is 415 g/mol. The molecule has 0 fully saturated rings. The van der Waals surface area contributed by atoms with Gasteiger partial charge >= 0.3 is 20.4 Å². The number of nitrogens with one attached hydrogen (secondary N) is 1. The van der Waals surface area contributed by atoms with Gasteiger partial charge in [0.25, 0.3) is 0 Å². The largest absolute Gasteiger partial charge is 2.00 e. The zero-order chi connectivity index (χ0) is 16.0. The van der Waals surface area contributed by atoms with Gasteiger partial charge in [0.15, 0.2) is 0 Å². The van der Waals surface area contributed by atoms with Crippen LogP contribution in [-0.2, 0) is 36.9 Å². The van der Waals surface area contributed by atoms with Gasteiger partial charge < -0.3 is 9.54 Å². The molecule has 3 aromatic rings. The van der Waals surface area contributed by atoms with Gasteiger partial charge in [0.05, 0.1) is 0 Å². The third-order valence-corrected chi connectivity index (χ3v) is 5.01. The molecule has 2 atom stereocenters. The van der Waals surface area contributed by atoms with Gasteiger partial charge in [-0.3, -0.25) is 0 Å². The molecule has 4 nitrogen and oxygen atoms in total. The summed E-state index contributed by atoms with van der Waals surface area (Å²) in [6.07, 6.45) is 3.12. The standard InChI is InChI=1S/C18H17N2O2S.Pd/c1-23(21,22)20-17-9-5-3-7-13(17)15-11-10-14-12-6-2-4-8-16(12)19-18(14)15;/h2-9,15H,10-11H2,1H3,(H,20,21,22);/q-1;+2. The van der Waals surface area contributed by atoms with Crippen molar-refractivity contribution in [1.82, 2.24) is 4.98 Å². The summed E-state index contributed by atoms with van der Waals surface area (Å²) in [5, 5.41) is 1.22. The Morgan fingerprint density at radius 2 is 1.88 bits per heavy atom. The van der Waals surface area contributed by atoms with Crippen molar-refractivity contribution in [3.63, 3.8) is 0 Å². The van der Waals surface area contributed by atoms with Gasteiger partial charge in [-0.05, 0) is 24.1 Å². The molecule has 0 spiro atoms. The van der Waals surface area contributed by atoms with Crippen molar-refractivity contribution in [2.45, 2.75) is 18.8 Å². The normalized spacial score (nSPS) is 18.7. The van der Waals surface area contributed by atoms with Crippen molar-refractivity contribution in [2.24, 2.45) is 0 Å². The number of aryl methyl sites for hydroxylation is 1. The second-order valence-electron chi connectivity index (χ2n) is 6.05. The smallest absolute Gasteiger partial charge is 0.730 e. The molecule has 1 aliphatic carbocycles. The molecule has 24 heavy (non-hydrogen) atoms. The van der Waals surface area contributed by atoms with Crippen LogP contribution in [0, 0.1) is 0 Å². The fourth-order valence-electron chi connectivity index (χ4n) is 3.53. The summed E-state index contributed by atoms with van der Waals surface area (Å²) >= 11 is 0. The van der Waals surface area contributed by atoms with Crippen LogP contribution in [0.2, 0.25) is 0 Å². The van der Waals surface area contributed by atoms with E-state index in [1.165, 1.54) is 17.2 Å². The fourth-order valence-corrected chi connectivity index (χ4v) is 4.12. The molecule has 4 rings (SSSR count). The first kappa shape index (κ1) is 17.4. The van der Waals surface area contributed by atoms with Gasteiger partial charge in [-0.1, -0.05) is 48.0 Å². The Labute approximate surface area is 155 Å². The Bertz CT molecular complexity index is 1010. The third-order valence-electron chi connectivity index (χ3n) is 4.42. The molecule has 0 radical (unpaired) electrons. The maximum absolute atomic E-state index is 11.6. The molecule has 1 aliphatic rings. The summed E-state index contributed by atoms with van der Waals surface area (Å²) in [7, 11) is -3.30. The first-order valence-electron chi connectivity index (χ1n) is 7.64. The number of nitrogens with zero attached hydrogens (tertiary/aromatic N) is 1. The van der Waals surface area contributed by atoms with E-state index in [9.17, 15) is 8.76 Å². The van der Waals surface area contributed by atoms with Crippen LogP contribution in [0.15, 0.2) is 48.5 Å². The van der Waals surface area contributed by atoms with E-state index in [1.807, 2.05) is 42.5 Å². The number of hydrogen-bond acceptors (Lipinski definition) is 2. The summed E-state index contributed by atoms with van der Waals surface area (Å²) in [5.41, 5.74) is 5.07. The molecule has 0 saturated heterocycles. The summed E-state index contributed by atoms with van der Waals surface area (Å²) in [6, 6.07) is 15.8. The molecule has 1 heterocycles. The minimum atomic E-state index is -3.30. The van der Waals surface area contributed by atoms with Gasteiger partial charge in [-0.15, -0.1) is 11.2 Å². The topological polar surface area (TPSA) is 68.2 Å². The van der Waals surface area contributed by atoms with Crippen LogP contribution in [0.25, 0.3) is 10.9 Å². The molecule has 0 bridgehead atoms. The van der Waals surface area contributed by atoms with E-state index >= 15 is 0 Å². The monoisotopic (exact) mass is 431 g/mol. The predicted molar refractivity (Wildman–Crippen MR) is 89.3 cm³/mol. The van der Waals surface area contributed by atoms with Crippen LogP contribution in [-0.4, -0.2) is 15.0 Å². The molecule has 1 aromatic heterocycles. The Hall–Kier alpha value is -1.45. The van der Waals surface area contributed by atoms with E-state index in [-0.39, 0.29) is 26.3 Å². The number of rotatable bonds is 2. The minimum absolute atomic E-state index is 0. The van der Waals surface area contributed by atoms with Crippen LogP contribution in [0.3, 0.4) is 0 Å². The summed E-state index contributed by atoms with van der Waals surface area (Å²) in [5.74, 6) is 0.142. The summed E-state index contributed by atoms with van der Waals surface area (Å²) in [6.45, 7) is 0. The van der Waals surface area contributed by atoms with Gasteiger partial charge in [0.1, 0.15) is 10.0 Å². The number of hydrogen-bond donors (Lipinski definition) is 1. The zero-order valence-electron chi connectivity index (χ0n) is 13.1. The first-order valence-corrected chi connectivity index (χ1v) is 9.53. The zero-order valence-corrected chi connectivity index (χ0v) is 15.5. The third kappa shape index (κ3) is 3.07. The van der Waals surface area contributed by atoms with Crippen molar-refractivity contribution in [3.05, 3.63) is 65.4 Å². The molecule has 0 aliphatic heterocycles. The van der Waals surface area contributed by atoms with Gasteiger partial charge in [-0.25, -0.2) is 4.21 Å². The number of para-hydroxylation sites is 2. The van der Waals surface area contributed by atoms with Crippen molar-refractivity contribution >= 4 is 26.6 Å². The van der Waals surface area contributed by atoms with Crippen molar-refractivity contribution in [2.75, 3.05) is 6.26 Å². The molecule has 2 unspecified atom stereocenters. The molecule has 1 N–H and O–H groups in total. The van der Waals surface area contributed by atoms with Crippen LogP contribution in [0.1, 0.15) is 29.2 Å². The quantitative estimate of drug-likeness (QED) is 0.629. The minimum Gasteiger partial charge on any atom is -0.730 e. The second-order valence-corrected chi connectivity index (χ2v) is 7.79. The molecule has 6 heteroatoms. The van der Waals surface area contributed by atoms with E-state index in [0.717, 1.165) is 29.6 Å². The van der Waals surface area contributed by atoms with Crippen molar-refractivity contribution in [1.29, 1.82) is 0 Å². The Balaban J connectivity index is 0.00000169. The van der Waals surface area contributed by atoms with E-state index in [4.69, 9.17) is 4.98 Å². The average Bonchev–Trinajstić information content (AvgIpc) is 3.05. The number of aromatic nitrogens is 1. The van der Waals surface area contributed by atoms with Crippen LogP contribution in [0.4, 0.5) is 5.69 Å². The van der Waals surface area contributed by atoms with Gasteiger partial charge in [-0.2, -0.15) is 4.36 Å². The summed E-state index contributed by atoms with van der Waals surface area (Å²) in [4.78, 5) is 4.81. The van der Waals surface area contributed by atoms with Gasteiger partial charge in [0, 0.05) is 17.9 Å². The van der Waals surface area contributed by atoms with Crippen LogP contribution < -0.4 is 9.35 Å². The van der Waals surface area contributed by atoms with Crippen LogP contribution >= 0.6 is 0 Å². The molecule has 0 saturated carbocycles. The average molecular weight is 432 g/mol. The molecule has 0 amide bonds. The number of benzene rings is 2. The second kappa shape index (κ2) is 6.46. The molecule has 126 valence electrons. The van der Waals surface area contributed by atoms with E-state index in [1.54, 1.807) is 0 Å². The maximum Gasteiger partial charge on any atom is 2.00 e. The van der Waals surface area contributed by atoms with E-state index in [2.05, 4.69) is 10.4 Å². The van der Waals surface area contributed by atoms with Gasteiger partial charge in [0.2, 0.25) is 5.69 Å². The first-order chi connectivity index (χ1) is 11.0. The van der Waals surface area contributed by atoms with Crippen molar-refractivity contribution in [3.8, 4) is 0 Å². The van der Waals surface area contributed by atoms with E-state index in [0.29, 0.717) is 5.69 Å². The number of fused-ring (bicyclic) bond motifs is 3. The van der Waals surface area contributed by atoms with E-state index < -0.39 is 10.0 Å². The van der Waals surface area contributed by atoms with Crippen molar-refractivity contribution < 1.29 is 33.5 Å².